The third-order valence-corrected chi connectivity index (χ3v) is 8.91. The zero-order chi connectivity index (χ0) is 47.7. The molecule has 0 unspecified atom stereocenters. The molecule has 2 amide bonds. The van der Waals surface area contributed by atoms with Crippen LogP contribution in [0, 0.1) is 60.5 Å². The second-order valence-corrected chi connectivity index (χ2v) is 13.2. The molecule has 62 heavy (non-hydrogen) atoms. The Morgan fingerprint density at radius 2 is 0.871 bits per heavy atom. The summed E-state index contributed by atoms with van der Waals surface area (Å²) < 4.78 is 185. The zero-order valence-electron chi connectivity index (χ0n) is 31.6. The van der Waals surface area contributed by atoms with Gasteiger partial charge in [0.05, 0.1) is 16.2 Å². The van der Waals surface area contributed by atoms with Crippen LogP contribution < -0.4 is 16.4 Å². The Morgan fingerprint density at radius 1 is 0.565 bits per heavy atom. The van der Waals surface area contributed by atoms with E-state index in [0.717, 1.165) is 45.9 Å². The van der Waals surface area contributed by atoms with Crippen molar-refractivity contribution >= 4 is 34.6 Å². The second kappa shape index (κ2) is 17.2. The highest BCUT2D eigenvalue weighted by molar-refractivity contribution is 6.06. The van der Waals surface area contributed by atoms with E-state index in [0.29, 0.717) is 24.3 Å². The topological polar surface area (TPSA) is 175 Å². The van der Waals surface area contributed by atoms with Crippen molar-refractivity contribution in [1.29, 1.82) is 10.5 Å². The number of nitrogens with two attached hydrogens (primary N) is 1. The molecule has 0 radical (unpaired) electrons. The highest BCUT2D eigenvalue weighted by atomic mass is 19.4. The van der Waals surface area contributed by atoms with Gasteiger partial charge in [-0.2, -0.15) is 63.2 Å². The van der Waals surface area contributed by atoms with Crippen LogP contribution >= 0.6 is 0 Å². The van der Waals surface area contributed by atoms with Crippen molar-refractivity contribution in [3.8, 4) is 12.1 Å². The molecule has 4 N–H and O–H groups in total. The number of anilines is 3. The van der Waals surface area contributed by atoms with E-state index in [-0.39, 0.29) is 61.6 Å². The lowest BCUT2D eigenvalue weighted by molar-refractivity contribution is -0.385. The molecule has 0 atom stereocenters. The molecule has 0 saturated carbocycles. The first-order valence-electron chi connectivity index (χ1n) is 16.7. The third kappa shape index (κ3) is 9.48. The largest absolute Gasteiger partial charge is 0.435 e. The number of amides is 2. The Morgan fingerprint density at radius 3 is 1.15 bits per heavy atom. The summed E-state index contributed by atoms with van der Waals surface area (Å²) in [5.74, 6) is -1.77. The number of benzene rings is 4. The molecule has 330 valence electrons. The van der Waals surface area contributed by atoms with Crippen LogP contribution in [0.2, 0.25) is 0 Å². The Labute approximate surface area is 339 Å². The summed E-state index contributed by atoms with van der Waals surface area (Å²) in [7, 11) is 0. The number of carbonyl (C=O) groups is 2. The van der Waals surface area contributed by atoms with E-state index >= 15 is 0 Å². The lowest BCUT2D eigenvalue weighted by Crippen LogP contribution is -2.50. The van der Waals surface area contributed by atoms with E-state index < -0.39 is 69.6 Å². The van der Waals surface area contributed by atoms with Gasteiger partial charge in [0, 0.05) is 39.7 Å². The zero-order valence-corrected chi connectivity index (χ0v) is 31.6. The average molecular weight is 897 g/mol. The summed E-state index contributed by atoms with van der Waals surface area (Å²) in [5, 5.41) is 33.3. The predicted molar refractivity (Wildman–Crippen MR) is 191 cm³/mol. The van der Waals surface area contributed by atoms with Crippen LogP contribution in [0.25, 0.3) is 0 Å². The third-order valence-electron chi connectivity index (χ3n) is 8.91. The maximum Gasteiger partial charge on any atom is 0.435 e. The SMILES string of the molecule is Cc1cc(C(F)(C(F)(F)F)C(F)(F)F)cc(C)c1NC(=O)c1ccc(C#N)c(N)c1.Cc1cc(C(F)(C(F)(F)F)C(F)(F)F)cc(C)c1NC(=O)c1ccc(C#N)c([N+](=O)[O-])c1. The molecule has 4 aromatic rings. The number of halogens is 14. The molecule has 0 aliphatic heterocycles. The molecule has 4 aromatic carbocycles. The Balaban J connectivity index is 0.000000331. The van der Waals surface area contributed by atoms with Gasteiger partial charge in [-0.3, -0.25) is 19.7 Å². The molecule has 0 heterocycles. The average Bonchev–Trinajstić information content (AvgIpc) is 3.14. The van der Waals surface area contributed by atoms with Gasteiger partial charge in [-0.05, 0) is 80.3 Å². The first kappa shape index (κ1) is 49.4. The molecule has 0 aromatic heterocycles. The van der Waals surface area contributed by atoms with Crippen molar-refractivity contribution in [1.82, 2.24) is 0 Å². The first-order chi connectivity index (χ1) is 28.2. The quantitative estimate of drug-likeness (QED) is 0.0716. The number of nitro benzene ring substituents is 1. The molecule has 0 spiro atoms. The van der Waals surface area contributed by atoms with Crippen LogP contribution in [0.15, 0.2) is 60.7 Å². The number of alkyl halides is 14. The first-order valence-corrected chi connectivity index (χ1v) is 16.7. The summed E-state index contributed by atoms with van der Waals surface area (Å²) in [4.78, 5) is 34.9. The molecule has 4 rings (SSSR count). The smallest absolute Gasteiger partial charge is 0.398 e. The number of hydrogen-bond donors (Lipinski definition) is 3. The minimum atomic E-state index is -6.30. The van der Waals surface area contributed by atoms with Crippen molar-refractivity contribution in [2.24, 2.45) is 0 Å². The number of rotatable bonds is 7. The molecule has 0 aliphatic rings. The molecule has 0 fully saturated rings. The molecule has 0 saturated heterocycles. The van der Waals surface area contributed by atoms with Gasteiger partial charge in [-0.1, -0.05) is 24.3 Å². The van der Waals surface area contributed by atoms with Gasteiger partial charge in [0.15, 0.2) is 0 Å². The lowest BCUT2D eigenvalue weighted by Gasteiger charge is -2.31. The maximum atomic E-state index is 14.3. The van der Waals surface area contributed by atoms with Crippen molar-refractivity contribution < 1.29 is 76.0 Å². The number of carbonyl (C=O) groups excluding carboxylic acids is 2. The number of nitrogens with zero attached hydrogens (tertiary/aromatic N) is 3. The number of aryl methyl sites for hydroxylation is 4. The lowest BCUT2D eigenvalue weighted by atomic mass is 9.90. The van der Waals surface area contributed by atoms with Crippen LogP contribution in [0.4, 0.5) is 84.2 Å². The highest BCUT2D eigenvalue weighted by Crippen LogP contribution is 2.55. The number of nitro groups is 1. The monoisotopic (exact) mass is 896 g/mol. The summed E-state index contributed by atoms with van der Waals surface area (Å²) in [6, 6.07) is 11.3. The fraction of sp³-hybridized carbons (Fsp3) is 0.263. The Hall–Kier alpha value is -6.98. The highest BCUT2D eigenvalue weighted by Gasteiger charge is 2.74. The van der Waals surface area contributed by atoms with Crippen LogP contribution in [-0.2, 0) is 11.3 Å². The maximum absolute atomic E-state index is 14.3. The Bertz CT molecular complexity index is 2440. The minimum absolute atomic E-state index is 0.000187. The number of nitrogens with one attached hydrogen (secondary N) is 2. The minimum Gasteiger partial charge on any atom is -0.398 e. The summed E-state index contributed by atoms with van der Waals surface area (Å²) in [6.45, 7) is 4.37. The summed E-state index contributed by atoms with van der Waals surface area (Å²) >= 11 is 0. The van der Waals surface area contributed by atoms with Gasteiger partial charge in [0.25, 0.3) is 17.5 Å². The van der Waals surface area contributed by atoms with Gasteiger partial charge in [-0.25, -0.2) is 8.78 Å². The number of nitrogen functional groups attached to an aromatic ring is 1. The van der Waals surface area contributed by atoms with E-state index in [2.05, 4.69) is 10.6 Å². The fourth-order valence-corrected chi connectivity index (χ4v) is 5.79. The van der Waals surface area contributed by atoms with Gasteiger partial charge in [0.1, 0.15) is 17.7 Å². The molecular weight excluding hydrogens is 870 g/mol. The normalized spacial score (nSPS) is 12.3. The van der Waals surface area contributed by atoms with E-state index in [1.807, 2.05) is 0 Å². The van der Waals surface area contributed by atoms with Crippen molar-refractivity contribution in [2.45, 2.75) is 63.7 Å². The van der Waals surface area contributed by atoms with Gasteiger partial charge < -0.3 is 16.4 Å². The number of hydrogen-bond acceptors (Lipinski definition) is 7. The predicted octanol–water partition coefficient (Wildman–Crippen LogP) is 10.9. The van der Waals surface area contributed by atoms with Crippen LogP contribution in [0.1, 0.15) is 65.2 Å². The number of nitriles is 2. The summed E-state index contributed by atoms with van der Waals surface area (Å²) in [5.41, 5.74) is -11.5. The van der Waals surface area contributed by atoms with E-state index in [1.54, 1.807) is 12.1 Å². The Kier molecular flexibility index (Phi) is 13.7. The molecule has 0 aliphatic carbocycles. The second-order valence-electron chi connectivity index (χ2n) is 13.2. The van der Waals surface area contributed by atoms with E-state index in [9.17, 15) is 81.2 Å². The molecule has 0 bridgehead atoms. The standard InChI is InChI=1S/C19H12F7N3O3.C19H14F7N3O/c1-9-5-13(17(20,18(21,22)23)19(24,25)26)6-10(2)15(9)28-16(30)11-3-4-12(8-27)14(7-11)29(31)32;1-9-5-13(17(20,18(21,22)23)19(24,25)26)6-10(2)15(9)29-16(30)11-3-4-12(8-27)14(28)7-11/h3-7H,1-2H3,(H,28,30);3-7H,28H2,1-2H3,(H,29,30). The molecule has 24 heteroatoms. The van der Waals surface area contributed by atoms with E-state index in [4.69, 9.17) is 16.3 Å². The summed E-state index contributed by atoms with van der Waals surface area (Å²) in [6.07, 6.45) is -25.1. The van der Waals surface area contributed by atoms with Gasteiger partial charge in [0.2, 0.25) is 0 Å². The van der Waals surface area contributed by atoms with Crippen molar-refractivity contribution in [3.63, 3.8) is 0 Å². The van der Waals surface area contributed by atoms with Gasteiger partial charge >= 0.3 is 36.0 Å². The van der Waals surface area contributed by atoms with Crippen LogP contribution in [0.5, 0.6) is 0 Å². The van der Waals surface area contributed by atoms with Crippen LogP contribution in [-0.4, -0.2) is 41.4 Å². The molecular formula is C38H26F14N6O4. The van der Waals surface area contributed by atoms with Crippen LogP contribution in [0.3, 0.4) is 0 Å². The van der Waals surface area contributed by atoms with Gasteiger partial charge in [-0.15, -0.1) is 0 Å². The van der Waals surface area contributed by atoms with Crippen molar-refractivity contribution in [3.05, 3.63) is 126 Å². The molecule has 10 nitrogen and oxygen atoms in total. The van der Waals surface area contributed by atoms with Crippen molar-refractivity contribution in [2.75, 3.05) is 16.4 Å². The van der Waals surface area contributed by atoms with E-state index in [1.165, 1.54) is 18.2 Å². The fourth-order valence-electron chi connectivity index (χ4n) is 5.79.